The Morgan fingerprint density at radius 2 is 2.14 bits per heavy atom. The Morgan fingerprint density at radius 3 is 2.67 bits per heavy atom. The van der Waals surface area contributed by atoms with Crippen molar-refractivity contribution >= 4 is 40.2 Å². The van der Waals surface area contributed by atoms with Gasteiger partial charge in [-0.25, -0.2) is 9.78 Å². The number of carbonyl (C=O) groups excluding carboxylic acids is 1. The number of allylic oxidation sites excluding steroid dienone is 1. The summed E-state index contributed by atoms with van der Waals surface area (Å²) >= 11 is 3.21. The van der Waals surface area contributed by atoms with Crippen molar-refractivity contribution in [2.45, 2.75) is 46.0 Å². The summed E-state index contributed by atoms with van der Waals surface area (Å²) in [5.74, 6) is -0.364. The zero-order valence-electron chi connectivity index (χ0n) is 13.0. The van der Waals surface area contributed by atoms with Crippen LogP contribution in [0.5, 0.6) is 0 Å². The molecular formula is C15H20N2O2S2. The van der Waals surface area contributed by atoms with Gasteiger partial charge in [0.15, 0.2) is 5.69 Å². The summed E-state index contributed by atoms with van der Waals surface area (Å²) in [6.07, 6.45) is 1.82. The van der Waals surface area contributed by atoms with Gasteiger partial charge in [-0.1, -0.05) is 24.3 Å². The van der Waals surface area contributed by atoms with Crippen LogP contribution in [0.25, 0.3) is 6.08 Å². The lowest BCUT2D eigenvalue weighted by Gasteiger charge is -2.06. The van der Waals surface area contributed by atoms with Gasteiger partial charge in [0.1, 0.15) is 10.1 Å². The van der Waals surface area contributed by atoms with Crippen LogP contribution in [0.15, 0.2) is 10.6 Å². The number of carbonyl (C=O) groups is 1. The summed E-state index contributed by atoms with van der Waals surface area (Å²) in [4.78, 5) is 22.0. The van der Waals surface area contributed by atoms with Crippen LogP contribution in [0.1, 0.15) is 55.0 Å². The van der Waals surface area contributed by atoms with E-state index < -0.39 is 0 Å². The van der Waals surface area contributed by atoms with E-state index in [1.54, 1.807) is 11.8 Å². The second kappa shape index (κ2) is 6.75. The lowest BCUT2D eigenvalue weighted by molar-refractivity contribution is 0.0371. The maximum Gasteiger partial charge on any atom is 0.358 e. The van der Waals surface area contributed by atoms with E-state index in [9.17, 15) is 4.79 Å². The predicted molar refractivity (Wildman–Crippen MR) is 90.4 cm³/mol. The first-order valence-corrected chi connectivity index (χ1v) is 8.64. The fourth-order valence-electron chi connectivity index (χ4n) is 1.79. The van der Waals surface area contributed by atoms with Crippen LogP contribution in [0.3, 0.4) is 0 Å². The molecule has 114 valence electrons. The zero-order valence-corrected chi connectivity index (χ0v) is 14.6. The number of nitrogens with zero attached hydrogens (tertiary/aromatic N) is 2. The van der Waals surface area contributed by atoms with Gasteiger partial charge >= 0.3 is 5.97 Å². The fourth-order valence-corrected chi connectivity index (χ4v) is 3.91. The van der Waals surface area contributed by atoms with E-state index in [0.717, 1.165) is 27.0 Å². The maximum absolute atomic E-state index is 12.2. The van der Waals surface area contributed by atoms with Crippen LogP contribution in [-0.4, -0.2) is 33.9 Å². The molecule has 1 unspecified atom stereocenters. The van der Waals surface area contributed by atoms with Gasteiger partial charge in [0.2, 0.25) is 0 Å². The fraction of sp³-hybridized carbons (Fsp3) is 0.533. The lowest BCUT2D eigenvalue weighted by atomic mass is 10.2. The molecule has 2 heterocycles. The van der Waals surface area contributed by atoms with Crippen molar-refractivity contribution in [3.63, 3.8) is 0 Å². The Labute approximate surface area is 133 Å². The minimum Gasteiger partial charge on any atom is -0.458 e. The van der Waals surface area contributed by atoms with E-state index in [4.69, 9.17) is 4.74 Å². The molecule has 0 spiro atoms. The molecule has 1 aromatic rings. The minimum absolute atomic E-state index is 0.152. The molecule has 0 aliphatic carbocycles. The number of hydrogen-bond donors (Lipinski definition) is 0. The molecule has 0 N–H and O–H groups in total. The average Bonchev–Trinajstić information content (AvgIpc) is 2.94. The first-order valence-electron chi connectivity index (χ1n) is 6.95. The van der Waals surface area contributed by atoms with Crippen molar-refractivity contribution in [3.05, 3.63) is 21.2 Å². The highest BCUT2D eigenvalue weighted by Crippen LogP contribution is 2.30. The molecule has 0 saturated heterocycles. The van der Waals surface area contributed by atoms with E-state index in [1.807, 2.05) is 33.8 Å². The molecule has 21 heavy (non-hydrogen) atoms. The molecule has 1 aliphatic rings. The van der Waals surface area contributed by atoms with Gasteiger partial charge in [0, 0.05) is 5.25 Å². The van der Waals surface area contributed by atoms with Gasteiger partial charge in [0.05, 0.1) is 17.5 Å². The Hall–Kier alpha value is -1.14. The molecule has 4 nitrogen and oxygen atoms in total. The number of aliphatic imine (C=N–C) groups is 1. The normalized spacial score (nSPS) is 17.8. The first kappa shape index (κ1) is 16.2. The standard InChI is InChI=1S/C15H20N2O2S2/c1-8(2)6-11-12(15(18)19-9(3)4)17-14(21-11)13-16-7-10(5)20-13/h6,9-10H,7H2,1-5H3. The van der Waals surface area contributed by atoms with Crippen molar-refractivity contribution in [3.8, 4) is 0 Å². The van der Waals surface area contributed by atoms with Crippen LogP contribution in [0.2, 0.25) is 0 Å². The summed E-state index contributed by atoms with van der Waals surface area (Å²) in [7, 11) is 0. The molecule has 1 aromatic heterocycles. The van der Waals surface area contributed by atoms with Crippen LogP contribution in [0, 0.1) is 0 Å². The highest BCUT2D eigenvalue weighted by atomic mass is 32.2. The quantitative estimate of drug-likeness (QED) is 0.785. The molecule has 6 heteroatoms. The lowest BCUT2D eigenvalue weighted by Crippen LogP contribution is -2.13. The highest BCUT2D eigenvalue weighted by molar-refractivity contribution is 8.15. The summed E-state index contributed by atoms with van der Waals surface area (Å²) in [5.41, 5.74) is 1.52. The van der Waals surface area contributed by atoms with Crippen molar-refractivity contribution in [1.82, 2.24) is 4.98 Å². The second-order valence-corrected chi connectivity index (χ2v) is 7.94. The van der Waals surface area contributed by atoms with Crippen LogP contribution in [-0.2, 0) is 4.74 Å². The molecule has 0 saturated carbocycles. The summed E-state index contributed by atoms with van der Waals surface area (Å²) < 4.78 is 5.28. The van der Waals surface area contributed by atoms with E-state index in [1.165, 1.54) is 11.3 Å². The topological polar surface area (TPSA) is 51.5 Å². The van der Waals surface area contributed by atoms with Crippen molar-refractivity contribution < 1.29 is 9.53 Å². The van der Waals surface area contributed by atoms with Gasteiger partial charge < -0.3 is 4.74 Å². The Balaban J connectivity index is 2.36. The van der Waals surface area contributed by atoms with Crippen molar-refractivity contribution in [1.29, 1.82) is 0 Å². The van der Waals surface area contributed by atoms with Crippen molar-refractivity contribution in [2.24, 2.45) is 4.99 Å². The van der Waals surface area contributed by atoms with Crippen LogP contribution >= 0.6 is 23.1 Å². The van der Waals surface area contributed by atoms with Crippen LogP contribution < -0.4 is 0 Å². The van der Waals surface area contributed by atoms with Gasteiger partial charge in [-0.3, -0.25) is 4.99 Å². The number of thioether (sulfide) groups is 1. The Morgan fingerprint density at radius 1 is 1.43 bits per heavy atom. The van der Waals surface area contributed by atoms with Gasteiger partial charge in [-0.05, 0) is 33.8 Å². The summed E-state index contributed by atoms with van der Waals surface area (Å²) in [6.45, 7) is 10.6. The maximum atomic E-state index is 12.2. The molecule has 2 rings (SSSR count). The number of aromatic nitrogens is 1. The number of esters is 1. The number of thiazole rings is 1. The first-order chi connectivity index (χ1) is 9.86. The molecule has 1 atom stereocenters. The number of ether oxygens (including phenoxy) is 1. The highest BCUT2D eigenvalue weighted by Gasteiger charge is 2.24. The third-order valence-electron chi connectivity index (χ3n) is 2.60. The van der Waals surface area contributed by atoms with Gasteiger partial charge in [-0.2, -0.15) is 0 Å². The molecule has 0 aromatic carbocycles. The van der Waals surface area contributed by atoms with E-state index >= 15 is 0 Å². The smallest absolute Gasteiger partial charge is 0.358 e. The molecular weight excluding hydrogens is 304 g/mol. The SMILES string of the molecule is CC(C)=Cc1sc(C2=NCC(C)S2)nc1C(=O)OC(C)C. The summed E-state index contributed by atoms with van der Waals surface area (Å²) in [5, 5.41) is 2.22. The largest absolute Gasteiger partial charge is 0.458 e. The third-order valence-corrected chi connectivity index (χ3v) is 4.83. The van der Waals surface area contributed by atoms with Gasteiger partial charge in [-0.15, -0.1) is 11.3 Å². The average molecular weight is 324 g/mol. The second-order valence-electron chi connectivity index (χ2n) is 5.48. The Kier molecular flexibility index (Phi) is 5.22. The monoisotopic (exact) mass is 324 g/mol. The minimum atomic E-state index is -0.364. The molecule has 0 bridgehead atoms. The van der Waals surface area contributed by atoms with Crippen molar-refractivity contribution in [2.75, 3.05) is 6.54 Å². The third kappa shape index (κ3) is 4.17. The van der Waals surface area contributed by atoms with Gasteiger partial charge in [0.25, 0.3) is 0 Å². The number of rotatable bonds is 4. The zero-order chi connectivity index (χ0) is 15.6. The molecule has 1 aliphatic heterocycles. The van der Waals surface area contributed by atoms with E-state index in [2.05, 4.69) is 16.9 Å². The summed E-state index contributed by atoms with van der Waals surface area (Å²) in [6, 6.07) is 0. The predicted octanol–water partition coefficient (Wildman–Crippen LogP) is 4.01. The van der Waals surface area contributed by atoms with E-state index in [0.29, 0.717) is 10.9 Å². The van der Waals surface area contributed by atoms with E-state index in [-0.39, 0.29) is 12.1 Å². The number of hydrogen-bond acceptors (Lipinski definition) is 6. The molecule has 0 fully saturated rings. The Bertz CT molecular complexity index is 599. The molecule has 0 amide bonds. The molecule has 0 radical (unpaired) electrons. The van der Waals surface area contributed by atoms with Crippen LogP contribution in [0.4, 0.5) is 0 Å².